The number of rotatable bonds is 4. The van der Waals surface area contributed by atoms with E-state index < -0.39 is 10.9 Å². The molecule has 0 radical (unpaired) electrons. The van der Waals surface area contributed by atoms with Gasteiger partial charge in [-0.25, -0.2) is 4.98 Å². The third-order valence-corrected chi connectivity index (χ3v) is 4.58. The Morgan fingerprint density at radius 3 is 2.73 bits per heavy atom. The van der Waals surface area contributed by atoms with Gasteiger partial charge in [0, 0.05) is 36.2 Å². The van der Waals surface area contributed by atoms with Crippen molar-refractivity contribution in [2.24, 2.45) is 5.92 Å². The molecule has 0 spiro atoms. The van der Waals surface area contributed by atoms with E-state index in [0.717, 1.165) is 16.4 Å². The molecular weight excluding hydrogens is 306 g/mol. The quantitative estimate of drug-likeness (QED) is 0.687. The fourth-order valence-electron chi connectivity index (χ4n) is 2.43. The first-order valence-corrected chi connectivity index (χ1v) is 7.60. The van der Waals surface area contributed by atoms with Crippen molar-refractivity contribution >= 4 is 28.1 Å². The SMILES string of the molecule is O=C(O)C1CCN(c2nc(-c3ccc([N+](=O)[O-])cc3)cs2)C1. The van der Waals surface area contributed by atoms with Crippen LogP contribution in [0.2, 0.25) is 0 Å². The van der Waals surface area contributed by atoms with Crippen molar-refractivity contribution < 1.29 is 14.8 Å². The highest BCUT2D eigenvalue weighted by Gasteiger charge is 2.29. The van der Waals surface area contributed by atoms with E-state index in [1.54, 1.807) is 12.1 Å². The molecular formula is C14H13N3O4S. The molecule has 114 valence electrons. The van der Waals surface area contributed by atoms with Crippen LogP contribution in [0.5, 0.6) is 0 Å². The summed E-state index contributed by atoms with van der Waals surface area (Å²) in [5.74, 6) is -1.11. The predicted octanol–water partition coefficient (Wildman–Crippen LogP) is 2.63. The molecule has 1 aliphatic heterocycles. The minimum atomic E-state index is -0.769. The van der Waals surface area contributed by atoms with Crippen LogP contribution in [0.3, 0.4) is 0 Å². The van der Waals surface area contributed by atoms with Crippen molar-refractivity contribution in [3.05, 3.63) is 39.8 Å². The van der Waals surface area contributed by atoms with E-state index in [2.05, 4.69) is 4.98 Å². The van der Waals surface area contributed by atoms with Gasteiger partial charge in [0.15, 0.2) is 5.13 Å². The Balaban J connectivity index is 1.76. The molecule has 7 nitrogen and oxygen atoms in total. The second-order valence-corrected chi connectivity index (χ2v) is 5.93. The van der Waals surface area contributed by atoms with Crippen molar-refractivity contribution in [3.8, 4) is 11.3 Å². The maximum atomic E-state index is 11.0. The minimum absolute atomic E-state index is 0.0445. The normalized spacial score (nSPS) is 17.6. The van der Waals surface area contributed by atoms with Gasteiger partial charge in [-0.2, -0.15) is 0 Å². The van der Waals surface area contributed by atoms with Gasteiger partial charge in [-0.1, -0.05) is 0 Å². The summed E-state index contributed by atoms with van der Waals surface area (Å²) in [4.78, 5) is 27.7. The number of anilines is 1. The minimum Gasteiger partial charge on any atom is -0.481 e. The van der Waals surface area contributed by atoms with Gasteiger partial charge in [-0.05, 0) is 18.6 Å². The number of carbonyl (C=O) groups is 1. The van der Waals surface area contributed by atoms with Gasteiger partial charge in [-0.15, -0.1) is 11.3 Å². The van der Waals surface area contributed by atoms with Crippen LogP contribution in [0.15, 0.2) is 29.6 Å². The Morgan fingerprint density at radius 2 is 2.14 bits per heavy atom. The van der Waals surface area contributed by atoms with Gasteiger partial charge in [0.25, 0.3) is 5.69 Å². The molecule has 0 bridgehead atoms. The number of hydrogen-bond donors (Lipinski definition) is 1. The highest BCUT2D eigenvalue weighted by Crippen LogP contribution is 2.31. The average Bonchev–Trinajstić information content (AvgIpc) is 3.16. The molecule has 1 aromatic carbocycles. The number of thiazole rings is 1. The summed E-state index contributed by atoms with van der Waals surface area (Å²) in [5.41, 5.74) is 1.60. The van der Waals surface area contributed by atoms with Gasteiger partial charge >= 0.3 is 5.97 Å². The van der Waals surface area contributed by atoms with Crippen molar-refractivity contribution in [1.29, 1.82) is 0 Å². The Labute approximate surface area is 130 Å². The van der Waals surface area contributed by atoms with Crippen LogP contribution >= 0.6 is 11.3 Å². The second-order valence-electron chi connectivity index (χ2n) is 5.09. The molecule has 1 aromatic heterocycles. The number of carboxylic acid groups (broad SMARTS) is 1. The summed E-state index contributed by atoms with van der Waals surface area (Å²) in [7, 11) is 0. The van der Waals surface area contributed by atoms with E-state index in [1.165, 1.54) is 23.5 Å². The highest BCUT2D eigenvalue weighted by atomic mass is 32.1. The fourth-order valence-corrected chi connectivity index (χ4v) is 3.30. The van der Waals surface area contributed by atoms with E-state index in [9.17, 15) is 14.9 Å². The lowest BCUT2D eigenvalue weighted by Gasteiger charge is -2.13. The number of nitrogens with zero attached hydrogens (tertiary/aromatic N) is 3. The lowest BCUT2D eigenvalue weighted by molar-refractivity contribution is -0.384. The van der Waals surface area contributed by atoms with E-state index in [0.29, 0.717) is 19.5 Å². The maximum absolute atomic E-state index is 11.0. The van der Waals surface area contributed by atoms with Crippen LogP contribution in [-0.2, 0) is 4.79 Å². The summed E-state index contributed by atoms with van der Waals surface area (Å²) in [5, 5.41) is 22.4. The molecule has 1 unspecified atom stereocenters. The Kier molecular flexibility index (Phi) is 3.76. The average molecular weight is 319 g/mol. The van der Waals surface area contributed by atoms with Crippen molar-refractivity contribution in [2.75, 3.05) is 18.0 Å². The van der Waals surface area contributed by atoms with Gasteiger partial charge in [0.05, 0.1) is 16.5 Å². The van der Waals surface area contributed by atoms with Crippen molar-refractivity contribution in [3.63, 3.8) is 0 Å². The molecule has 22 heavy (non-hydrogen) atoms. The molecule has 3 rings (SSSR count). The van der Waals surface area contributed by atoms with Crippen LogP contribution in [0, 0.1) is 16.0 Å². The Morgan fingerprint density at radius 1 is 1.41 bits per heavy atom. The number of carboxylic acids is 1. The molecule has 2 aromatic rings. The maximum Gasteiger partial charge on any atom is 0.308 e. The zero-order valence-electron chi connectivity index (χ0n) is 11.5. The van der Waals surface area contributed by atoms with Crippen LogP contribution in [-0.4, -0.2) is 34.1 Å². The van der Waals surface area contributed by atoms with Crippen molar-refractivity contribution in [2.45, 2.75) is 6.42 Å². The highest BCUT2D eigenvalue weighted by molar-refractivity contribution is 7.14. The molecule has 1 saturated heterocycles. The molecule has 0 amide bonds. The number of aliphatic carboxylic acids is 1. The standard InChI is InChI=1S/C14H13N3O4S/c18-13(19)10-5-6-16(7-10)14-15-12(8-22-14)9-1-3-11(4-2-9)17(20)21/h1-4,8,10H,5-7H2,(H,18,19). The molecule has 8 heteroatoms. The van der Waals surface area contributed by atoms with Crippen LogP contribution in [0.4, 0.5) is 10.8 Å². The summed E-state index contributed by atoms with van der Waals surface area (Å²) >= 11 is 1.45. The van der Waals surface area contributed by atoms with Gasteiger partial charge in [-0.3, -0.25) is 14.9 Å². The fraction of sp³-hybridized carbons (Fsp3) is 0.286. The summed E-state index contributed by atoms with van der Waals surface area (Å²) in [6.45, 7) is 1.16. The molecule has 1 N–H and O–H groups in total. The first-order chi connectivity index (χ1) is 10.5. The third kappa shape index (κ3) is 2.77. The Bertz CT molecular complexity index is 713. The smallest absolute Gasteiger partial charge is 0.308 e. The summed E-state index contributed by atoms with van der Waals surface area (Å²) < 4.78 is 0. The second kappa shape index (κ2) is 5.72. The molecule has 0 saturated carbocycles. The number of hydrogen-bond acceptors (Lipinski definition) is 6. The van der Waals surface area contributed by atoms with E-state index >= 15 is 0 Å². The topological polar surface area (TPSA) is 96.6 Å². The first-order valence-electron chi connectivity index (χ1n) is 6.72. The zero-order chi connectivity index (χ0) is 15.7. The molecule has 1 aliphatic rings. The van der Waals surface area contributed by atoms with E-state index in [4.69, 9.17) is 5.11 Å². The monoisotopic (exact) mass is 319 g/mol. The lowest BCUT2D eigenvalue weighted by atomic mass is 10.1. The number of aromatic nitrogens is 1. The molecule has 2 heterocycles. The van der Waals surface area contributed by atoms with Crippen LogP contribution in [0.25, 0.3) is 11.3 Å². The number of non-ortho nitro benzene ring substituents is 1. The zero-order valence-corrected chi connectivity index (χ0v) is 12.3. The summed E-state index contributed by atoms with van der Waals surface area (Å²) in [6, 6.07) is 6.23. The van der Waals surface area contributed by atoms with Crippen LogP contribution < -0.4 is 4.90 Å². The predicted molar refractivity (Wildman–Crippen MR) is 82.2 cm³/mol. The number of benzene rings is 1. The van der Waals surface area contributed by atoms with Gasteiger partial charge in [0.1, 0.15) is 0 Å². The molecule has 1 fully saturated rings. The van der Waals surface area contributed by atoms with E-state index in [1.807, 2.05) is 10.3 Å². The number of nitro benzene ring substituents is 1. The summed E-state index contributed by atoms with van der Waals surface area (Å²) in [6.07, 6.45) is 0.627. The van der Waals surface area contributed by atoms with Gasteiger partial charge < -0.3 is 10.0 Å². The Hall–Kier alpha value is -2.48. The third-order valence-electron chi connectivity index (χ3n) is 3.67. The number of nitro groups is 1. The largest absolute Gasteiger partial charge is 0.481 e. The first kappa shape index (κ1) is 14.5. The van der Waals surface area contributed by atoms with Gasteiger partial charge in [0.2, 0.25) is 0 Å². The van der Waals surface area contributed by atoms with Crippen LogP contribution in [0.1, 0.15) is 6.42 Å². The van der Waals surface area contributed by atoms with Crippen molar-refractivity contribution in [1.82, 2.24) is 4.98 Å². The lowest BCUT2D eigenvalue weighted by Crippen LogP contribution is -2.22. The van der Waals surface area contributed by atoms with E-state index in [-0.39, 0.29) is 11.6 Å². The molecule has 1 atom stereocenters. The molecule has 0 aliphatic carbocycles.